The third-order valence-corrected chi connectivity index (χ3v) is 4.17. The molecule has 0 amide bonds. The number of hydrogen-bond acceptors (Lipinski definition) is 5. The summed E-state index contributed by atoms with van der Waals surface area (Å²) in [5.41, 5.74) is 1.44. The van der Waals surface area contributed by atoms with Crippen LogP contribution in [0.15, 0.2) is 12.1 Å². The molecular weight excluding hydrogens is 354 g/mol. The highest BCUT2D eigenvalue weighted by Gasteiger charge is 2.35. The zero-order valence-corrected chi connectivity index (χ0v) is 14.3. The van der Waals surface area contributed by atoms with E-state index in [0.29, 0.717) is 0 Å². The number of ether oxygens (including phenoxy) is 1. The SMILES string of the molecule is Cc1cc(C)n(-c2nc(NC3CCC(F)(F)CC3)cc(OC(F)F)n2)n1. The summed E-state index contributed by atoms with van der Waals surface area (Å²) in [7, 11) is 0. The van der Waals surface area contributed by atoms with Gasteiger partial charge in [-0.3, -0.25) is 0 Å². The third kappa shape index (κ3) is 4.41. The third-order valence-electron chi connectivity index (χ3n) is 4.17. The summed E-state index contributed by atoms with van der Waals surface area (Å²) < 4.78 is 57.6. The fourth-order valence-electron chi connectivity index (χ4n) is 2.96. The topological polar surface area (TPSA) is 64.9 Å². The van der Waals surface area contributed by atoms with E-state index in [2.05, 4.69) is 25.1 Å². The number of rotatable bonds is 5. The number of nitrogens with one attached hydrogen (secondary N) is 1. The van der Waals surface area contributed by atoms with Gasteiger partial charge < -0.3 is 10.1 Å². The highest BCUT2D eigenvalue weighted by Crippen LogP contribution is 2.34. The molecular formula is C16H19F4N5O. The average molecular weight is 373 g/mol. The van der Waals surface area contributed by atoms with Crippen LogP contribution in [0.3, 0.4) is 0 Å². The van der Waals surface area contributed by atoms with Crippen molar-refractivity contribution in [1.82, 2.24) is 19.7 Å². The van der Waals surface area contributed by atoms with Crippen molar-refractivity contribution in [2.75, 3.05) is 5.32 Å². The largest absolute Gasteiger partial charge is 0.417 e. The minimum Gasteiger partial charge on any atom is -0.417 e. The maximum Gasteiger partial charge on any atom is 0.388 e. The molecule has 10 heteroatoms. The Balaban J connectivity index is 1.87. The molecule has 2 aromatic rings. The van der Waals surface area contributed by atoms with Crippen LogP contribution in [0.5, 0.6) is 5.88 Å². The lowest BCUT2D eigenvalue weighted by Crippen LogP contribution is -2.32. The van der Waals surface area contributed by atoms with Crippen molar-refractivity contribution in [3.63, 3.8) is 0 Å². The first-order chi connectivity index (χ1) is 12.2. The Morgan fingerprint density at radius 2 is 1.88 bits per heavy atom. The van der Waals surface area contributed by atoms with Crippen LogP contribution in [-0.2, 0) is 0 Å². The minimum atomic E-state index is -3.04. The quantitative estimate of drug-likeness (QED) is 0.806. The summed E-state index contributed by atoms with van der Waals surface area (Å²) in [6.45, 7) is 0.518. The van der Waals surface area contributed by atoms with Crippen molar-refractivity contribution in [3.8, 4) is 11.8 Å². The standard InChI is InChI=1S/C16H19F4N5O/c1-9-7-10(2)25(24-9)15-22-12(8-13(23-15)26-14(17)18)21-11-3-5-16(19,20)6-4-11/h7-8,11,14H,3-6H2,1-2H3,(H,21,22,23). The second kappa shape index (κ2) is 7.08. The van der Waals surface area contributed by atoms with Gasteiger partial charge in [-0.05, 0) is 32.8 Å². The average Bonchev–Trinajstić information content (AvgIpc) is 2.87. The summed E-state index contributed by atoms with van der Waals surface area (Å²) in [6, 6.07) is 2.80. The van der Waals surface area contributed by atoms with Gasteiger partial charge in [-0.15, -0.1) is 0 Å². The van der Waals surface area contributed by atoms with Crippen molar-refractivity contribution in [2.45, 2.75) is 58.1 Å². The monoisotopic (exact) mass is 373 g/mol. The molecule has 1 aliphatic rings. The first-order valence-electron chi connectivity index (χ1n) is 8.24. The van der Waals surface area contributed by atoms with Gasteiger partial charge in [-0.1, -0.05) is 0 Å². The van der Waals surface area contributed by atoms with Gasteiger partial charge in [-0.25, -0.2) is 13.5 Å². The van der Waals surface area contributed by atoms with Crippen LogP contribution in [0.1, 0.15) is 37.1 Å². The predicted octanol–water partition coefficient (Wildman–Crippen LogP) is 3.87. The molecule has 26 heavy (non-hydrogen) atoms. The van der Waals surface area contributed by atoms with Gasteiger partial charge in [0.2, 0.25) is 11.8 Å². The number of anilines is 1. The maximum atomic E-state index is 13.3. The van der Waals surface area contributed by atoms with Gasteiger partial charge in [0, 0.05) is 30.6 Å². The molecule has 6 nitrogen and oxygen atoms in total. The minimum absolute atomic E-state index is 0.0670. The van der Waals surface area contributed by atoms with E-state index in [0.717, 1.165) is 11.4 Å². The van der Waals surface area contributed by atoms with Crippen LogP contribution in [0, 0.1) is 13.8 Å². The molecule has 0 saturated heterocycles. The molecule has 3 rings (SSSR count). The molecule has 0 bridgehead atoms. The number of alkyl halides is 4. The zero-order valence-electron chi connectivity index (χ0n) is 14.3. The zero-order chi connectivity index (χ0) is 18.9. The van der Waals surface area contributed by atoms with Gasteiger partial charge in [-0.2, -0.15) is 23.8 Å². The molecule has 1 N–H and O–H groups in total. The molecule has 0 aromatic carbocycles. The molecule has 1 aliphatic carbocycles. The highest BCUT2D eigenvalue weighted by atomic mass is 19.3. The number of hydrogen-bond donors (Lipinski definition) is 1. The van der Waals surface area contributed by atoms with Crippen molar-refractivity contribution in [3.05, 3.63) is 23.5 Å². The van der Waals surface area contributed by atoms with Crippen molar-refractivity contribution < 1.29 is 22.3 Å². The van der Waals surface area contributed by atoms with Gasteiger partial charge in [0.05, 0.1) is 5.69 Å². The summed E-state index contributed by atoms with van der Waals surface area (Å²) >= 11 is 0. The number of aryl methyl sites for hydroxylation is 2. The first kappa shape index (κ1) is 18.4. The highest BCUT2D eigenvalue weighted by molar-refractivity contribution is 5.42. The van der Waals surface area contributed by atoms with Crippen molar-refractivity contribution in [2.24, 2.45) is 0 Å². The normalized spacial score (nSPS) is 17.5. The van der Waals surface area contributed by atoms with E-state index in [4.69, 9.17) is 0 Å². The second-order valence-corrected chi connectivity index (χ2v) is 6.38. The molecule has 1 saturated carbocycles. The van der Waals surface area contributed by atoms with Crippen LogP contribution >= 0.6 is 0 Å². The van der Waals surface area contributed by atoms with E-state index in [-0.39, 0.29) is 49.4 Å². The Kier molecular flexibility index (Phi) is 5.01. The Morgan fingerprint density at radius 3 is 2.46 bits per heavy atom. The maximum absolute atomic E-state index is 13.3. The number of halogens is 4. The summed E-state index contributed by atoms with van der Waals surface area (Å²) in [4.78, 5) is 8.24. The van der Waals surface area contributed by atoms with Gasteiger partial charge in [0.25, 0.3) is 5.95 Å². The van der Waals surface area contributed by atoms with Crippen LogP contribution in [0.25, 0.3) is 5.95 Å². The van der Waals surface area contributed by atoms with Gasteiger partial charge >= 0.3 is 6.61 Å². The summed E-state index contributed by atoms with van der Waals surface area (Å²) in [5, 5.41) is 7.25. The second-order valence-electron chi connectivity index (χ2n) is 6.38. The number of nitrogens with zero attached hydrogens (tertiary/aromatic N) is 4. The molecule has 2 aromatic heterocycles. The van der Waals surface area contributed by atoms with Crippen LogP contribution in [0.4, 0.5) is 23.4 Å². The van der Waals surface area contributed by atoms with Crippen LogP contribution < -0.4 is 10.1 Å². The fourth-order valence-corrected chi connectivity index (χ4v) is 2.96. The Hall–Kier alpha value is -2.39. The molecule has 0 aliphatic heterocycles. The molecule has 0 unspecified atom stereocenters. The Labute approximate surface area is 147 Å². The smallest absolute Gasteiger partial charge is 0.388 e. The predicted molar refractivity (Wildman–Crippen MR) is 86.1 cm³/mol. The molecule has 0 radical (unpaired) electrons. The van der Waals surface area contributed by atoms with Gasteiger partial charge in [0.1, 0.15) is 5.82 Å². The Morgan fingerprint density at radius 1 is 1.19 bits per heavy atom. The van der Waals surface area contributed by atoms with Crippen molar-refractivity contribution >= 4 is 5.82 Å². The van der Waals surface area contributed by atoms with E-state index in [1.807, 2.05) is 0 Å². The molecule has 0 atom stereocenters. The summed E-state index contributed by atoms with van der Waals surface area (Å²) in [6.07, 6.45) is 0.0788. The van der Waals surface area contributed by atoms with Crippen LogP contribution in [0.2, 0.25) is 0 Å². The van der Waals surface area contributed by atoms with Gasteiger partial charge in [0.15, 0.2) is 0 Å². The van der Waals surface area contributed by atoms with E-state index in [1.54, 1.807) is 19.9 Å². The number of aromatic nitrogens is 4. The van der Waals surface area contributed by atoms with E-state index >= 15 is 0 Å². The fraction of sp³-hybridized carbons (Fsp3) is 0.562. The Bertz CT molecular complexity index is 770. The lowest BCUT2D eigenvalue weighted by atomic mass is 9.92. The van der Waals surface area contributed by atoms with Crippen molar-refractivity contribution in [1.29, 1.82) is 0 Å². The molecule has 2 heterocycles. The first-order valence-corrected chi connectivity index (χ1v) is 8.24. The summed E-state index contributed by atoms with van der Waals surface area (Å²) in [5.74, 6) is -2.67. The molecule has 1 fully saturated rings. The van der Waals surface area contributed by atoms with Crippen LogP contribution in [-0.4, -0.2) is 38.3 Å². The lowest BCUT2D eigenvalue weighted by Gasteiger charge is -2.29. The van der Waals surface area contributed by atoms with E-state index in [1.165, 1.54) is 10.7 Å². The van der Waals surface area contributed by atoms with E-state index in [9.17, 15) is 17.6 Å². The molecule has 142 valence electrons. The lowest BCUT2D eigenvalue weighted by molar-refractivity contribution is -0.0529. The van der Waals surface area contributed by atoms with E-state index < -0.39 is 12.5 Å². The molecule has 0 spiro atoms.